The normalized spacial score (nSPS) is 14.0. The molecule has 2 rings (SSSR count). The highest BCUT2D eigenvalue weighted by molar-refractivity contribution is 6.67. The van der Waals surface area contributed by atoms with Crippen molar-refractivity contribution in [1.82, 2.24) is 5.48 Å². The van der Waals surface area contributed by atoms with Crippen molar-refractivity contribution in [2.45, 2.75) is 38.3 Å². The SMILES string of the molecule is CCC[Si](CCCC1=Cc2ccccc2ON1)(OC)OC. The van der Waals surface area contributed by atoms with Gasteiger partial charge in [0, 0.05) is 25.5 Å². The van der Waals surface area contributed by atoms with Crippen LogP contribution in [-0.4, -0.2) is 22.8 Å². The predicted molar refractivity (Wildman–Crippen MR) is 87.1 cm³/mol. The first-order valence-electron chi connectivity index (χ1n) is 7.56. The summed E-state index contributed by atoms with van der Waals surface area (Å²) in [7, 11) is 1.57. The van der Waals surface area contributed by atoms with Gasteiger partial charge in [-0.15, -0.1) is 0 Å². The van der Waals surface area contributed by atoms with Crippen LogP contribution in [0.15, 0.2) is 30.0 Å². The van der Waals surface area contributed by atoms with Crippen molar-refractivity contribution in [3.8, 4) is 5.75 Å². The molecule has 1 aromatic carbocycles. The molecular formula is C16H25NO3Si. The largest absolute Gasteiger partial charge is 0.398 e. The van der Waals surface area contributed by atoms with Gasteiger partial charge in [-0.3, -0.25) is 0 Å². The summed E-state index contributed by atoms with van der Waals surface area (Å²) < 4.78 is 11.4. The fraction of sp³-hybridized carbons (Fsp3) is 0.500. The van der Waals surface area contributed by atoms with Crippen molar-refractivity contribution in [1.29, 1.82) is 0 Å². The Bertz CT molecular complexity index is 486. The number of fused-ring (bicyclic) bond motifs is 1. The molecule has 0 bridgehead atoms. The molecule has 0 fully saturated rings. The number of nitrogens with one attached hydrogen (secondary N) is 1. The van der Waals surface area contributed by atoms with Gasteiger partial charge in [0.15, 0.2) is 5.75 Å². The average Bonchev–Trinajstić information content (AvgIpc) is 2.54. The molecule has 1 aromatic rings. The van der Waals surface area contributed by atoms with E-state index in [1.54, 1.807) is 14.2 Å². The fourth-order valence-corrected chi connectivity index (χ4v) is 5.41. The van der Waals surface area contributed by atoms with Crippen LogP contribution in [0.5, 0.6) is 5.75 Å². The van der Waals surface area contributed by atoms with Crippen LogP contribution in [0.1, 0.15) is 31.7 Å². The van der Waals surface area contributed by atoms with Gasteiger partial charge in [0.1, 0.15) is 0 Å². The summed E-state index contributed by atoms with van der Waals surface area (Å²) in [6.07, 6.45) is 5.24. The fourth-order valence-electron chi connectivity index (χ4n) is 2.70. The summed E-state index contributed by atoms with van der Waals surface area (Å²) >= 11 is 0. The maximum atomic E-state index is 5.72. The minimum absolute atomic E-state index is 0.879. The number of benzene rings is 1. The molecule has 0 aromatic heterocycles. The van der Waals surface area contributed by atoms with E-state index >= 15 is 0 Å². The average molecular weight is 307 g/mol. The van der Waals surface area contributed by atoms with Gasteiger partial charge in [-0.05, 0) is 37.1 Å². The lowest BCUT2D eigenvalue weighted by atomic mass is 10.1. The Morgan fingerprint density at radius 2 is 1.90 bits per heavy atom. The van der Waals surface area contributed by atoms with E-state index in [4.69, 9.17) is 13.7 Å². The van der Waals surface area contributed by atoms with Crippen LogP contribution in [-0.2, 0) is 8.85 Å². The molecule has 1 heterocycles. The highest BCUT2D eigenvalue weighted by Crippen LogP contribution is 2.27. The van der Waals surface area contributed by atoms with Crippen molar-refractivity contribution in [3.63, 3.8) is 0 Å². The van der Waals surface area contributed by atoms with E-state index in [1.807, 2.05) is 18.2 Å². The Morgan fingerprint density at radius 1 is 1.14 bits per heavy atom. The van der Waals surface area contributed by atoms with E-state index in [-0.39, 0.29) is 0 Å². The van der Waals surface area contributed by atoms with Gasteiger partial charge in [-0.2, -0.15) is 0 Å². The van der Waals surface area contributed by atoms with Gasteiger partial charge in [-0.1, -0.05) is 31.5 Å². The van der Waals surface area contributed by atoms with Gasteiger partial charge in [0.05, 0.1) is 0 Å². The van der Waals surface area contributed by atoms with Crippen LogP contribution in [0, 0.1) is 0 Å². The van der Waals surface area contributed by atoms with Crippen molar-refractivity contribution >= 4 is 14.6 Å². The van der Waals surface area contributed by atoms with Crippen LogP contribution in [0.4, 0.5) is 0 Å². The zero-order valence-electron chi connectivity index (χ0n) is 13.1. The highest BCUT2D eigenvalue weighted by Gasteiger charge is 2.33. The Kier molecular flexibility index (Phi) is 5.84. The number of para-hydroxylation sites is 1. The second kappa shape index (κ2) is 7.63. The van der Waals surface area contributed by atoms with Crippen molar-refractivity contribution in [2.24, 2.45) is 0 Å². The first-order valence-corrected chi connectivity index (χ1v) is 9.79. The zero-order valence-corrected chi connectivity index (χ0v) is 14.1. The summed E-state index contributed by atoms with van der Waals surface area (Å²) in [5.74, 6) is 0.879. The van der Waals surface area contributed by atoms with Crippen molar-refractivity contribution < 1.29 is 13.7 Å². The molecule has 0 atom stereocenters. The third kappa shape index (κ3) is 4.09. The summed E-state index contributed by atoms with van der Waals surface area (Å²) in [5, 5.41) is 0. The van der Waals surface area contributed by atoms with E-state index in [0.717, 1.165) is 48.4 Å². The summed E-state index contributed by atoms with van der Waals surface area (Å²) in [6.45, 7) is 2.18. The second-order valence-electron chi connectivity index (χ2n) is 5.33. The Morgan fingerprint density at radius 3 is 2.62 bits per heavy atom. The van der Waals surface area contributed by atoms with Crippen molar-refractivity contribution in [2.75, 3.05) is 14.2 Å². The molecule has 0 radical (unpaired) electrons. The van der Waals surface area contributed by atoms with Gasteiger partial charge < -0.3 is 13.7 Å². The molecule has 116 valence electrons. The number of allylic oxidation sites excluding steroid dienone is 1. The zero-order chi connectivity index (χ0) is 15.1. The Hall–Kier alpha value is -1.30. The van der Waals surface area contributed by atoms with E-state index in [1.165, 1.54) is 0 Å². The molecule has 0 aliphatic carbocycles. The maximum absolute atomic E-state index is 5.72. The molecule has 0 unspecified atom stereocenters. The van der Waals surface area contributed by atoms with Crippen LogP contribution < -0.4 is 10.3 Å². The van der Waals surface area contributed by atoms with E-state index in [9.17, 15) is 0 Å². The second-order valence-corrected chi connectivity index (χ2v) is 8.97. The molecule has 1 aliphatic rings. The van der Waals surface area contributed by atoms with E-state index in [0.29, 0.717) is 0 Å². The van der Waals surface area contributed by atoms with Gasteiger partial charge >= 0.3 is 8.56 Å². The quantitative estimate of drug-likeness (QED) is 0.741. The van der Waals surface area contributed by atoms with Gasteiger partial charge in [0.25, 0.3) is 0 Å². The summed E-state index contributed by atoms with van der Waals surface area (Å²) in [4.78, 5) is 5.55. The van der Waals surface area contributed by atoms with Gasteiger partial charge in [-0.25, -0.2) is 5.48 Å². The minimum Gasteiger partial charge on any atom is -0.398 e. The third-order valence-corrected chi connectivity index (χ3v) is 7.78. The monoisotopic (exact) mass is 307 g/mol. The highest BCUT2D eigenvalue weighted by atomic mass is 28.4. The molecular weight excluding hydrogens is 282 g/mol. The first kappa shape index (κ1) is 16.1. The third-order valence-electron chi connectivity index (χ3n) is 3.92. The summed E-state index contributed by atoms with van der Waals surface area (Å²) in [6, 6.07) is 10.1. The van der Waals surface area contributed by atoms with Crippen LogP contribution in [0.3, 0.4) is 0 Å². The lowest BCUT2D eigenvalue weighted by Crippen LogP contribution is -2.39. The van der Waals surface area contributed by atoms with Crippen LogP contribution in [0.25, 0.3) is 6.08 Å². The molecule has 4 nitrogen and oxygen atoms in total. The molecule has 21 heavy (non-hydrogen) atoms. The van der Waals surface area contributed by atoms with E-state index in [2.05, 4.69) is 24.5 Å². The Labute approximate surface area is 128 Å². The number of hydroxylamine groups is 1. The molecule has 0 saturated heterocycles. The summed E-state index contributed by atoms with van der Waals surface area (Å²) in [5.41, 5.74) is 5.26. The minimum atomic E-state index is -2.00. The predicted octanol–water partition coefficient (Wildman–Crippen LogP) is 3.85. The molecule has 5 heteroatoms. The molecule has 0 amide bonds. The van der Waals surface area contributed by atoms with Crippen molar-refractivity contribution in [3.05, 3.63) is 35.5 Å². The Balaban J connectivity index is 1.91. The molecule has 1 aliphatic heterocycles. The van der Waals surface area contributed by atoms with Gasteiger partial charge in [0.2, 0.25) is 0 Å². The number of hydrogen-bond acceptors (Lipinski definition) is 4. The maximum Gasteiger partial charge on any atom is 0.337 e. The topological polar surface area (TPSA) is 39.7 Å². The van der Waals surface area contributed by atoms with E-state index < -0.39 is 8.56 Å². The molecule has 1 N–H and O–H groups in total. The smallest absolute Gasteiger partial charge is 0.337 e. The number of rotatable bonds is 8. The van der Waals surface area contributed by atoms with Crippen LogP contribution in [0.2, 0.25) is 12.1 Å². The molecule has 0 spiro atoms. The van der Waals surface area contributed by atoms with Crippen LogP contribution >= 0.6 is 0 Å². The number of hydrogen-bond donors (Lipinski definition) is 1. The standard InChI is InChI=1S/C16H25NO3Si/c1-4-11-21(18-2,19-3)12-7-9-15-13-14-8-5-6-10-16(14)20-17-15/h5-6,8,10,13,17H,4,7,9,11-12H2,1-3H3. The molecule has 0 saturated carbocycles. The lowest BCUT2D eigenvalue weighted by Gasteiger charge is -2.27. The first-order chi connectivity index (χ1) is 10.2. The lowest BCUT2D eigenvalue weighted by molar-refractivity contribution is 0.218.